The van der Waals surface area contributed by atoms with Crippen molar-refractivity contribution < 1.29 is 4.79 Å². The van der Waals surface area contributed by atoms with Crippen LogP contribution in [0.15, 0.2) is 0 Å². The maximum absolute atomic E-state index is 11.4. The SMILES string of the molecule is CC(C)C(=O)NCC1CCNCC1C. The van der Waals surface area contributed by atoms with Gasteiger partial charge in [-0.1, -0.05) is 20.8 Å². The molecule has 0 aromatic carbocycles. The average Bonchev–Trinajstić information content (AvgIpc) is 2.16. The molecule has 0 aromatic rings. The van der Waals surface area contributed by atoms with Gasteiger partial charge < -0.3 is 10.6 Å². The van der Waals surface area contributed by atoms with Crippen molar-refractivity contribution in [1.82, 2.24) is 10.6 Å². The van der Waals surface area contributed by atoms with Crippen molar-refractivity contribution in [2.75, 3.05) is 19.6 Å². The lowest BCUT2D eigenvalue weighted by molar-refractivity contribution is -0.124. The molecule has 82 valence electrons. The second-order valence-electron chi connectivity index (χ2n) is 4.63. The minimum absolute atomic E-state index is 0.104. The van der Waals surface area contributed by atoms with E-state index >= 15 is 0 Å². The highest BCUT2D eigenvalue weighted by Crippen LogP contribution is 2.17. The van der Waals surface area contributed by atoms with Crippen molar-refractivity contribution in [1.29, 1.82) is 0 Å². The monoisotopic (exact) mass is 198 g/mol. The normalized spacial score (nSPS) is 27.7. The van der Waals surface area contributed by atoms with E-state index in [-0.39, 0.29) is 11.8 Å². The second-order valence-corrected chi connectivity index (χ2v) is 4.63. The summed E-state index contributed by atoms with van der Waals surface area (Å²) in [5, 5.41) is 6.38. The lowest BCUT2D eigenvalue weighted by atomic mass is 9.88. The predicted octanol–water partition coefficient (Wildman–Crippen LogP) is 1.00. The number of hydrogen-bond donors (Lipinski definition) is 2. The minimum Gasteiger partial charge on any atom is -0.356 e. The van der Waals surface area contributed by atoms with Gasteiger partial charge in [0.25, 0.3) is 0 Å². The zero-order chi connectivity index (χ0) is 10.6. The van der Waals surface area contributed by atoms with Gasteiger partial charge in [0, 0.05) is 12.5 Å². The first-order chi connectivity index (χ1) is 6.61. The lowest BCUT2D eigenvalue weighted by Gasteiger charge is -2.29. The molecule has 14 heavy (non-hydrogen) atoms. The summed E-state index contributed by atoms with van der Waals surface area (Å²) in [5.74, 6) is 1.61. The molecule has 0 saturated carbocycles. The summed E-state index contributed by atoms with van der Waals surface area (Å²) in [6.07, 6.45) is 1.18. The van der Waals surface area contributed by atoms with Crippen LogP contribution in [0.2, 0.25) is 0 Å². The highest BCUT2D eigenvalue weighted by atomic mass is 16.1. The second kappa shape index (κ2) is 5.35. The van der Waals surface area contributed by atoms with Gasteiger partial charge in [0.05, 0.1) is 0 Å². The lowest BCUT2D eigenvalue weighted by Crippen LogP contribution is -2.42. The topological polar surface area (TPSA) is 41.1 Å². The fourth-order valence-electron chi connectivity index (χ4n) is 1.81. The molecule has 2 unspecified atom stereocenters. The zero-order valence-electron chi connectivity index (χ0n) is 9.47. The molecule has 2 atom stereocenters. The summed E-state index contributed by atoms with van der Waals surface area (Å²) in [4.78, 5) is 11.4. The molecule has 1 heterocycles. The van der Waals surface area contributed by atoms with Gasteiger partial charge in [-0.15, -0.1) is 0 Å². The Labute approximate surface area is 86.6 Å². The Morgan fingerprint density at radius 3 is 2.86 bits per heavy atom. The van der Waals surface area contributed by atoms with Crippen molar-refractivity contribution in [3.63, 3.8) is 0 Å². The number of piperidine rings is 1. The number of carbonyl (C=O) groups is 1. The Morgan fingerprint density at radius 2 is 2.29 bits per heavy atom. The number of hydrogen-bond acceptors (Lipinski definition) is 2. The molecule has 0 radical (unpaired) electrons. The van der Waals surface area contributed by atoms with Gasteiger partial charge in [-0.05, 0) is 31.3 Å². The summed E-state index contributed by atoms with van der Waals surface area (Å²) in [6, 6.07) is 0. The third-order valence-corrected chi connectivity index (χ3v) is 3.03. The van der Waals surface area contributed by atoms with Crippen molar-refractivity contribution >= 4 is 5.91 Å². The van der Waals surface area contributed by atoms with Gasteiger partial charge in [-0.3, -0.25) is 4.79 Å². The molecular formula is C11H22N2O. The Balaban J connectivity index is 2.26. The highest BCUT2D eigenvalue weighted by Gasteiger charge is 2.21. The van der Waals surface area contributed by atoms with Crippen LogP contribution in [0.4, 0.5) is 0 Å². The van der Waals surface area contributed by atoms with Gasteiger partial charge >= 0.3 is 0 Å². The average molecular weight is 198 g/mol. The summed E-state index contributed by atoms with van der Waals surface area (Å²) in [6.45, 7) is 9.13. The molecule has 0 aromatic heterocycles. The number of carbonyl (C=O) groups excluding carboxylic acids is 1. The van der Waals surface area contributed by atoms with Crippen molar-refractivity contribution in [2.24, 2.45) is 17.8 Å². The van der Waals surface area contributed by atoms with Crippen molar-refractivity contribution in [2.45, 2.75) is 27.2 Å². The van der Waals surface area contributed by atoms with E-state index < -0.39 is 0 Å². The van der Waals surface area contributed by atoms with Crippen LogP contribution < -0.4 is 10.6 Å². The van der Waals surface area contributed by atoms with Crippen molar-refractivity contribution in [3.05, 3.63) is 0 Å². The van der Waals surface area contributed by atoms with Gasteiger partial charge in [0.15, 0.2) is 0 Å². The third-order valence-electron chi connectivity index (χ3n) is 3.03. The van der Waals surface area contributed by atoms with Crippen LogP contribution in [0, 0.1) is 17.8 Å². The Morgan fingerprint density at radius 1 is 1.57 bits per heavy atom. The fourth-order valence-corrected chi connectivity index (χ4v) is 1.81. The smallest absolute Gasteiger partial charge is 0.222 e. The summed E-state index contributed by atoms with van der Waals surface area (Å²) >= 11 is 0. The summed E-state index contributed by atoms with van der Waals surface area (Å²) in [5.41, 5.74) is 0. The maximum atomic E-state index is 11.4. The molecule has 1 fully saturated rings. The molecule has 0 bridgehead atoms. The van der Waals surface area contributed by atoms with E-state index in [2.05, 4.69) is 17.6 Å². The van der Waals surface area contributed by atoms with Gasteiger partial charge in [-0.25, -0.2) is 0 Å². The molecule has 1 rings (SSSR count). The Bertz CT molecular complexity index is 192. The number of amides is 1. The third kappa shape index (κ3) is 3.29. The van der Waals surface area contributed by atoms with Crippen LogP contribution in [0.1, 0.15) is 27.2 Å². The molecular weight excluding hydrogens is 176 g/mol. The number of rotatable bonds is 3. The van der Waals surface area contributed by atoms with E-state index in [1.807, 2.05) is 13.8 Å². The van der Waals surface area contributed by atoms with Crippen LogP contribution >= 0.6 is 0 Å². The molecule has 1 amide bonds. The van der Waals surface area contributed by atoms with Gasteiger partial charge in [-0.2, -0.15) is 0 Å². The summed E-state index contributed by atoms with van der Waals surface area (Å²) < 4.78 is 0. The van der Waals surface area contributed by atoms with E-state index in [1.54, 1.807) is 0 Å². The first kappa shape index (κ1) is 11.5. The van der Waals surface area contributed by atoms with Gasteiger partial charge in [0.1, 0.15) is 0 Å². The van der Waals surface area contributed by atoms with Crippen LogP contribution in [0.3, 0.4) is 0 Å². The first-order valence-corrected chi connectivity index (χ1v) is 5.59. The summed E-state index contributed by atoms with van der Waals surface area (Å²) in [7, 11) is 0. The maximum Gasteiger partial charge on any atom is 0.222 e. The van der Waals surface area contributed by atoms with E-state index in [4.69, 9.17) is 0 Å². The van der Waals surface area contributed by atoms with E-state index in [0.29, 0.717) is 11.8 Å². The van der Waals surface area contributed by atoms with Crippen molar-refractivity contribution in [3.8, 4) is 0 Å². The largest absolute Gasteiger partial charge is 0.356 e. The predicted molar refractivity (Wildman–Crippen MR) is 58.0 cm³/mol. The van der Waals surface area contributed by atoms with Crippen LogP contribution in [-0.4, -0.2) is 25.5 Å². The molecule has 3 nitrogen and oxygen atoms in total. The zero-order valence-corrected chi connectivity index (χ0v) is 9.47. The van der Waals surface area contributed by atoms with E-state index in [9.17, 15) is 4.79 Å². The quantitative estimate of drug-likeness (QED) is 0.710. The molecule has 0 aliphatic carbocycles. The minimum atomic E-state index is 0.104. The van der Waals surface area contributed by atoms with E-state index in [0.717, 1.165) is 19.6 Å². The molecule has 1 saturated heterocycles. The fraction of sp³-hybridized carbons (Fsp3) is 0.909. The van der Waals surface area contributed by atoms with Gasteiger partial charge in [0.2, 0.25) is 5.91 Å². The molecule has 2 N–H and O–H groups in total. The van der Waals surface area contributed by atoms with Crippen LogP contribution in [-0.2, 0) is 4.79 Å². The highest BCUT2D eigenvalue weighted by molar-refractivity contribution is 5.77. The molecule has 3 heteroatoms. The Hall–Kier alpha value is -0.570. The first-order valence-electron chi connectivity index (χ1n) is 5.59. The van der Waals surface area contributed by atoms with Crippen LogP contribution in [0.5, 0.6) is 0 Å². The molecule has 1 aliphatic heterocycles. The Kier molecular flexibility index (Phi) is 4.39. The standard InChI is InChI=1S/C11H22N2O/c1-8(2)11(14)13-7-10-4-5-12-6-9(10)3/h8-10,12H,4-7H2,1-3H3,(H,13,14). The van der Waals surface area contributed by atoms with Crippen LogP contribution in [0.25, 0.3) is 0 Å². The molecule has 1 aliphatic rings. The van der Waals surface area contributed by atoms with E-state index in [1.165, 1.54) is 6.42 Å². The number of nitrogens with one attached hydrogen (secondary N) is 2. The molecule has 0 spiro atoms.